The predicted octanol–water partition coefficient (Wildman–Crippen LogP) is 3.96. The maximum Gasteiger partial charge on any atom is 0.268 e. The van der Waals surface area contributed by atoms with Crippen molar-refractivity contribution in [3.8, 4) is 0 Å². The number of halogens is 2. The number of aryl methyl sites for hydroxylation is 1. The van der Waals surface area contributed by atoms with Crippen LogP contribution in [0.1, 0.15) is 21.7 Å². The van der Waals surface area contributed by atoms with Gasteiger partial charge in [0.1, 0.15) is 17.2 Å². The monoisotopic (exact) mass is 400 g/mol. The summed E-state index contributed by atoms with van der Waals surface area (Å²) in [6, 6.07) is 8.38. The van der Waals surface area contributed by atoms with Crippen molar-refractivity contribution in [1.29, 1.82) is 0 Å². The van der Waals surface area contributed by atoms with Crippen molar-refractivity contribution in [2.24, 2.45) is 0 Å². The summed E-state index contributed by atoms with van der Waals surface area (Å²) in [5.74, 6) is -0.580. The molecule has 2 N–H and O–H groups in total. The van der Waals surface area contributed by atoms with E-state index in [1.807, 2.05) is 35.9 Å². The van der Waals surface area contributed by atoms with Crippen LogP contribution in [-0.2, 0) is 6.54 Å². The van der Waals surface area contributed by atoms with Crippen LogP contribution >= 0.6 is 15.9 Å². The number of rotatable bonds is 3. The van der Waals surface area contributed by atoms with Gasteiger partial charge in [0.05, 0.1) is 12.2 Å². The number of nitrogens with one attached hydrogen (secondary N) is 2. The third-order valence-corrected chi connectivity index (χ3v) is 4.52. The summed E-state index contributed by atoms with van der Waals surface area (Å²) in [5, 5.41) is 3.67. The van der Waals surface area contributed by atoms with Crippen molar-refractivity contribution in [3.05, 3.63) is 70.0 Å². The third-order valence-electron chi connectivity index (χ3n) is 4.05. The van der Waals surface area contributed by atoms with Crippen molar-refractivity contribution >= 4 is 38.4 Å². The molecule has 0 saturated heterocycles. The Morgan fingerprint density at radius 2 is 2.16 bits per heavy atom. The molecule has 0 aliphatic heterocycles. The maximum atomic E-state index is 13.5. The topological polar surface area (TPSA) is 62.2 Å². The molecule has 3 aromatic heterocycles. The van der Waals surface area contributed by atoms with E-state index < -0.39 is 0 Å². The number of hydrogen-bond donors (Lipinski definition) is 2. The highest BCUT2D eigenvalue weighted by atomic mass is 79.9. The average Bonchev–Trinajstić information content (AvgIpc) is 3.15. The number of fused-ring (bicyclic) bond motifs is 2. The first-order valence-corrected chi connectivity index (χ1v) is 8.49. The molecular formula is C18H14BrFN4O. The van der Waals surface area contributed by atoms with E-state index in [4.69, 9.17) is 0 Å². The SMILES string of the molecule is Cc1cc(F)cc2[nH]c(C(=O)NCc3cn4cc(Br)ccc4n3)cc12. The molecule has 0 fully saturated rings. The lowest BCUT2D eigenvalue weighted by molar-refractivity contribution is 0.0946. The van der Waals surface area contributed by atoms with Crippen molar-refractivity contribution in [2.45, 2.75) is 13.5 Å². The number of H-pyrrole nitrogens is 1. The second kappa shape index (κ2) is 6.00. The second-order valence-corrected chi connectivity index (χ2v) is 6.81. The van der Waals surface area contributed by atoms with Gasteiger partial charge in [0.25, 0.3) is 5.91 Å². The Hall–Kier alpha value is -2.67. The van der Waals surface area contributed by atoms with E-state index in [1.54, 1.807) is 6.07 Å². The summed E-state index contributed by atoms with van der Waals surface area (Å²) in [7, 11) is 0. The molecule has 0 radical (unpaired) electrons. The maximum absolute atomic E-state index is 13.5. The van der Waals surface area contributed by atoms with E-state index in [0.29, 0.717) is 17.8 Å². The molecule has 0 aliphatic carbocycles. The fourth-order valence-corrected chi connectivity index (χ4v) is 3.22. The lowest BCUT2D eigenvalue weighted by Gasteiger charge is -2.00. The number of aromatic amines is 1. The molecule has 0 spiro atoms. The Morgan fingerprint density at radius 1 is 1.32 bits per heavy atom. The zero-order valence-electron chi connectivity index (χ0n) is 13.3. The minimum atomic E-state index is -0.324. The minimum Gasteiger partial charge on any atom is -0.350 e. The number of imidazole rings is 1. The fraction of sp³-hybridized carbons (Fsp3) is 0.111. The molecule has 0 saturated carbocycles. The molecule has 0 atom stereocenters. The van der Waals surface area contributed by atoms with E-state index >= 15 is 0 Å². The number of amides is 1. The lowest BCUT2D eigenvalue weighted by atomic mass is 10.1. The van der Waals surface area contributed by atoms with Gasteiger partial charge in [-0.15, -0.1) is 0 Å². The number of benzene rings is 1. The molecule has 7 heteroatoms. The van der Waals surface area contributed by atoms with Crippen molar-refractivity contribution in [1.82, 2.24) is 19.7 Å². The Morgan fingerprint density at radius 3 is 3.00 bits per heavy atom. The highest BCUT2D eigenvalue weighted by Crippen LogP contribution is 2.21. The first-order chi connectivity index (χ1) is 12.0. The normalized spacial score (nSPS) is 11.3. The smallest absolute Gasteiger partial charge is 0.268 e. The highest BCUT2D eigenvalue weighted by Gasteiger charge is 2.12. The van der Waals surface area contributed by atoms with Crippen LogP contribution < -0.4 is 5.32 Å². The number of carbonyl (C=O) groups is 1. The van der Waals surface area contributed by atoms with E-state index in [2.05, 4.69) is 31.2 Å². The third kappa shape index (κ3) is 3.02. The molecule has 4 aromatic rings. The first kappa shape index (κ1) is 15.8. The number of aromatic nitrogens is 3. The zero-order chi connectivity index (χ0) is 17.6. The molecule has 4 rings (SSSR count). The fourth-order valence-electron chi connectivity index (χ4n) is 2.87. The lowest BCUT2D eigenvalue weighted by Crippen LogP contribution is -2.23. The standard InChI is InChI=1S/C18H14BrFN4O/c1-10-4-12(20)5-15-14(10)6-16(23-15)18(25)21-7-13-9-24-8-11(19)2-3-17(24)22-13/h2-6,8-9,23H,7H2,1H3,(H,21,25). The van der Waals surface area contributed by atoms with Crippen LogP contribution in [-0.4, -0.2) is 20.3 Å². The van der Waals surface area contributed by atoms with Crippen LogP contribution in [0.25, 0.3) is 16.6 Å². The quantitative estimate of drug-likeness (QED) is 0.546. The van der Waals surface area contributed by atoms with Gasteiger partial charge in [0.2, 0.25) is 0 Å². The number of nitrogens with zero attached hydrogens (tertiary/aromatic N) is 2. The molecule has 25 heavy (non-hydrogen) atoms. The van der Waals surface area contributed by atoms with Crippen LogP contribution in [0.4, 0.5) is 4.39 Å². The van der Waals surface area contributed by atoms with Gasteiger partial charge in [0, 0.05) is 27.8 Å². The Bertz CT molecular complexity index is 1120. The van der Waals surface area contributed by atoms with E-state index in [9.17, 15) is 9.18 Å². The van der Waals surface area contributed by atoms with Gasteiger partial charge in [0.15, 0.2) is 0 Å². The molecule has 1 aromatic carbocycles. The highest BCUT2D eigenvalue weighted by molar-refractivity contribution is 9.10. The predicted molar refractivity (Wildman–Crippen MR) is 97.1 cm³/mol. The largest absolute Gasteiger partial charge is 0.350 e. The summed E-state index contributed by atoms with van der Waals surface area (Å²) in [4.78, 5) is 19.8. The van der Waals surface area contributed by atoms with Gasteiger partial charge < -0.3 is 14.7 Å². The minimum absolute atomic E-state index is 0.255. The van der Waals surface area contributed by atoms with E-state index in [0.717, 1.165) is 26.8 Å². The van der Waals surface area contributed by atoms with Crippen LogP contribution in [0.2, 0.25) is 0 Å². The van der Waals surface area contributed by atoms with Gasteiger partial charge in [-0.1, -0.05) is 0 Å². The van der Waals surface area contributed by atoms with E-state index in [1.165, 1.54) is 12.1 Å². The molecule has 5 nitrogen and oxygen atoms in total. The average molecular weight is 401 g/mol. The Balaban J connectivity index is 1.54. The van der Waals surface area contributed by atoms with Gasteiger partial charge in [-0.2, -0.15) is 0 Å². The molecule has 0 aliphatic rings. The molecular weight excluding hydrogens is 387 g/mol. The molecule has 1 amide bonds. The van der Waals surface area contributed by atoms with Gasteiger partial charge in [-0.25, -0.2) is 9.37 Å². The number of hydrogen-bond acceptors (Lipinski definition) is 2. The summed E-state index contributed by atoms with van der Waals surface area (Å²) in [6.45, 7) is 2.12. The molecule has 0 unspecified atom stereocenters. The Kier molecular flexibility index (Phi) is 3.80. The van der Waals surface area contributed by atoms with Crippen LogP contribution in [0.15, 0.2) is 47.2 Å². The van der Waals surface area contributed by atoms with Crippen molar-refractivity contribution in [3.63, 3.8) is 0 Å². The van der Waals surface area contributed by atoms with Crippen LogP contribution in [0.3, 0.4) is 0 Å². The number of pyridine rings is 1. The molecule has 3 heterocycles. The molecule has 126 valence electrons. The summed E-state index contributed by atoms with van der Waals surface area (Å²) in [5.41, 5.74) is 3.36. The zero-order valence-corrected chi connectivity index (χ0v) is 14.9. The van der Waals surface area contributed by atoms with E-state index in [-0.39, 0.29) is 11.7 Å². The Labute approximate surface area is 151 Å². The van der Waals surface area contributed by atoms with Crippen molar-refractivity contribution < 1.29 is 9.18 Å². The van der Waals surface area contributed by atoms with Crippen LogP contribution in [0, 0.1) is 12.7 Å². The molecule has 0 bridgehead atoms. The summed E-state index contributed by atoms with van der Waals surface area (Å²) < 4.78 is 16.3. The second-order valence-electron chi connectivity index (χ2n) is 5.89. The first-order valence-electron chi connectivity index (χ1n) is 7.70. The van der Waals surface area contributed by atoms with Gasteiger partial charge in [-0.3, -0.25) is 4.79 Å². The van der Waals surface area contributed by atoms with Crippen molar-refractivity contribution in [2.75, 3.05) is 0 Å². The number of carbonyl (C=O) groups excluding carboxylic acids is 1. The van der Waals surface area contributed by atoms with Gasteiger partial charge in [-0.05, 0) is 58.7 Å². The van der Waals surface area contributed by atoms with Gasteiger partial charge >= 0.3 is 0 Å². The summed E-state index contributed by atoms with van der Waals surface area (Å²) in [6.07, 6.45) is 3.77. The van der Waals surface area contributed by atoms with Crippen LogP contribution in [0.5, 0.6) is 0 Å². The summed E-state index contributed by atoms with van der Waals surface area (Å²) >= 11 is 3.41.